The highest BCUT2D eigenvalue weighted by atomic mass is 16.6. The molecule has 0 saturated heterocycles. The summed E-state index contributed by atoms with van der Waals surface area (Å²) in [5.74, 6) is -1.12. The first-order valence-corrected chi connectivity index (χ1v) is 5.82. The lowest BCUT2D eigenvalue weighted by atomic mass is 9.95. The number of alkyl carbamates (subject to hydrolysis) is 1. The summed E-state index contributed by atoms with van der Waals surface area (Å²) in [6, 6.07) is -1.08. The fraction of sp³-hybridized carbons (Fsp3) is 0.692. The number of carboxylic acid groups (broad SMARTS) is 1. The summed E-state index contributed by atoms with van der Waals surface area (Å²) in [6.45, 7) is 11.0. The van der Waals surface area contributed by atoms with Crippen molar-refractivity contribution in [3.63, 3.8) is 0 Å². The molecule has 0 aromatic heterocycles. The number of ether oxygens (including phenoxy) is 1. The molecule has 1 amide bonds. The number of allylic oxidation sites excluding steroid dienone is 1. The monoisotopic (exact) mass is 257 g/mol. The van der Waals surface area contributed by atoms with E-state index in [9.17, 15) is 9.59 Å². The van der Waals surface area contributed by atoms with Crippen molar-refractivity contribution in [2.45, 2.75) is 53.2 Å². The summed E-state index contributed by atoms with van der Waals surface area (Å²) in [6.07, 6.45) is 2.45. The number of carbonyl (C=O) groups excluding carboxylic acids is 1. The topological polar surface area (TPSA) is 75.6 Å². The van der Waals surface area contributed by atoms with Crippen LogP contribution in [0.15, 0.2) is 12.2 Å². The van der Waals surface area contributed by atoms with Gasteiger partial charge in [0.2, 0.25) is 0 Å². The van der Waals surface area contributed by atoms with Crippen LogP contribution in [0.3, 0.4) is 0 Å². The van der Waals surface area contributed by atoms with Gasteiger partial charge in [0.1, 0.15) is 11.6 Å². The first kappa shape index (κ1) is 16.5. The van der Waals surface area contributed by atoms with E-state index >= 15 is 0 Å². The second-order valence-corrected chi connectivity index (χ2v) is 6.19. The Bertz CT molecular complexity index is 334. The van der Waals surface area contributed by atoms with Crippen LogP contribution in [0.2, 0.25) is 0 Å². The van der Waals surface area contributed by atoms with Crippen LogP contribution in [0.25, 0.3) is 0 Å². The van der Waals surface area contributed by atoms with E-state index in [1.807, 2.05) is 20.8 Å². The van der Waals surface area contributed by atoms with Gasteiger partial charge in [0, 0.05) is 0 Å². The lowest BCUT2D eigenvalue weighted by molar-refractivity contribution is -0.138. The van der Waals surface area contributed by atoms with Crippen LogP contribution in [0.1, 0.15) is 41.5 Å². The molecule has 5 heteroatoms. The van der Waals surface area contributed by atoms with Crippen LogP contribution in [-0.4, -0.2) is 28.8 Å². The molecule has 0 fully saturated rings. The van der Waals surface area contributed by atoms with Crippen LogP contribution in [0.5, 0.6) is 0 Å². The summed E-state index contributed by atoms with van der Waals surface area (Å²) in [5.41, 5.74) is -0.801. The fourth-order valence-corrected chi connectivity index (χ4v) is 1.01. The lowest BCUT2D eigenvalue weighted by Gasteiger charge is -2.21. The molecular formula is C13H23NO4. The smallest absolute Gasteiger partial charge is 0.408 e. The highest BCUT2D eigenvalue weighted by molar-refractivity contribution is 5.81. The normalized spacial score (nSPS) is 14.3. The van der Waals surface area contributed by atoms with Crippen molar-refractivity contribution in [2.75, 3.05) is 0 Å². The average Bonchev–Trinajstić information content (AvgIpc) is 2.06. The third-order valence-electron chi connectivity index (χ3n) is 1.73. The molecule has 18 heavy (non-hydrogen) atoms. The zero-order valence-corrected chi connectivity index (χ0v) is 11.9. The van der Waals surface area contributed by atoms with Crippen molar-refractivity contribution in [1.82, 2.24) is 5.32 Å². The minimum absolute atomic E-state index is 0.149. The Morgan fingerprint density at radius 2 is 1.67 bits per heavy atom. The second-order valence-electron chi connectivity index (χ2n) is 6.19. The van der Waals surface area contributed by atoms with Gasteiger partial charge in [-0.15, -0.1) is 0 Å². The van der Waals surface area contributed by atoms with Gasteiger partial charge in [-0.1, -0.05) is 32.9 Å². The molecule has 104 valence electrons. The van der Waals surface area contributed by atoms with Crippen LogP contribution < -0.4 is 5.32 Å². The summed E-state index contributed by atoms with van der Waals surface area (Å²) >= 11 is 0. The van der Waals surface area contributed by atoms with Crippen LogP contribution in [-0.2, 0) is 9.53 Å². The largest absolute Gasteiger partial charge is 0.479 e. The Balaban J connectivity index is 4.61. The van der Waals surface area contributed by atoms with E-state index in [1.54, 1.807) is 26.8 Å². The van der Waals surface area contributed by atoms with E-state index in [-0.39, 0.29) is 5.41 Å². The molecule has 0 aliphatic carbocycles. The maximum Gasteiger partial charge on any atom is 0.408 e. The van der Waals surface area contributed by atoms with Crippen LogP contribution in [0, 0.1) is 5.41 Å². The summed E-state index contributed by atoms with van der Waals surface area (Å²) in [7, 11) is 0. The Kier molecular flexibility index (Phi) is 5.39. The molecule has 0 aliphatic rings. The number of carboxylic acids is 1. The lowest BCUT2D eigenvalue weighted by Crippen LogP contribution is -2.42. The zero-order chi connectivity index (χ0) is 14.6. The van der Waals surface area contributed by atoms with Gasteiger partial charge in [-0.25, -0.2) is 9.59 Å². The number of hydrogen-bond donors (Lipinski definition) is 2. The van der Waals surface area contributed by atoms with Gasteiger partial charge in [0.05, 0.1) is 0 Å². The number of hydrogen-bond acceptors (Lipinski definition) is 3. The summed E-state index contributed by atoms with van der Waals surface area (Å²) < 4.78 is 5.00. The molecule has 0 bridgehead atoms. The highest BCUT2D eigenvalue weighted by Gasteiger charge is 2.22. The minimum atomic E-state index is -1.12. The SMILES string of the molecule is CC(C)(C)/C=C/C(NC(=O)OC(C)(C)C)C(=O)O. The van der Waals surface area contributed by atoms with E-state index in [0.29, 0.717) is 0 Å². The van der Waals surface area contributed by atoms with E-state index in [1.165, 1.54) is 6.08 Å². The minimum Gasteiger partial charge on any atom is -0.479 e. The molecule has 0 rings (SSSR count). The van der Waals surface area contributed by atoms with E-state index in [4.69, 9.17) is 9.84 Å². The van der Waals surface area contributed by atoms with Crippen molar-refractivity contribution in [3.8, 4) is 0 Å². The number of aliphatic carboxylic acids is 1. The maximum atomic E-state index is 11.5. The van der Waals surface area contributed by atoms with Gasteiger partial charge in [-0.3, -0.25) is 0 Å². The van der Waals surface area contributed by atoms with Gasteiger partial charge in [-0.05, 0) is 26.2 Å². The second kappa shape index (κ2) is 5.89. The number of amides is 1. The van der Waals surface area contributed by atoms with Crippen molar-refractivity contribution in [3.05, 3.63) is 12.2 Å². The molecule has 0 aliphatic heterocycles. The molecular weight excluding hydrogens is 234 g/mol. The maximum absolute atomic E-state index is 11.5. The van der Waals surface area contributed by atoms with Crippen molar-refractivity contribution in [2.24, 2.45) is 5.41 Å². The third-order valence-corrected chi connectivity index (χ3v) is 1.73. The van der Waals surface area contributed by atoms with Gasteiger partial charge >= 0.3 is 12.1 Å². The molecule has 1 atom stereocenters. The highest BCUT2D eigenvalue weighted by Crippen LogP contribution is 2.15. The summed E-state index contributed by atoms with van der Waals surface area (Å²) in [5, 5.41) is 11.3. The van der Waals surface area contributed by atoms with Crippen LogP contribution >= 0.6 is 0 Å². The number of nitrogens with one attached hydrogen (secondary N) is 1. The molecule has 2 N–H and O–H groups in total. The first-order valence-electron chi connectivity index (χ1n) is 5.82. The fourth-order valence-electron chi connectivity index (χ4n) is 1.01. The molecule has 5 nitrogen and oxygen atoms in total. The Labute approximate surface area is 108 Å². The van der Waals surface area contributed by atoms with Gasteiger partial charge in [0.25, 0.3) is 0 Å². The van der Waals surface area contributed by atoms with Crippen molar-refractivity contribution in [1.29, 1.82) is 0 Å². The molecule has 0 saturated carbocycles. The number of rotatable bonds is 3. The predicted molar refractivity (Wildman–Crippen MR) is 69.4 cm³/mol. The van der Waals surface area contributed by atoms with Gasteiger partial charge in [0.15, 0.2) is 0 Å². The molecule has 1 unspecified atom stereocenters. The first-order chi connectivity index (χ1) is 7.91. The molecule has 0 aromatic carbocycles. The zero-order valence-electron chi connectivity index (χ0n) is 11.9. The standard InChI is InChI=1S/C13H23NO4/c1-12(2,3)8-7-9(10(15)16)14-11(17)18-13(4,5)6/h7-9H,1-6H3,(H,14,17)(H,15,16)/b8-7+. The van der Waals surface area contributed by atoms with E-state index in [0.717, 1.165) is 0 Å². The summed E-state index contributed by atoms with van der Waals surface area (Å²) in [4.78, 5) is 22.5. The molecule has 0 heterocycles. The van der Waals surface area contributed by atoms with Crippen molar-refractivity contribution >= 4 is 12.1 Å². The predicted octanol–water partition coefficient (Wildman–Crippen LogP) is 2.57. The quantitative estimate of drug-likeness (QED) is 0.762. The van der Waals surface area contributed by atoms with Crippen LogP contribution in [0.4, 0.5) is 4.79 Å². The Hall–Kier alpha value is -1.52. The number of carbonyl (C=O) groups is 2. The van der Waals surface area contributed by atoms with Gasteiger partial charge in [-0.2, -0.15) is 0 Å². The Morgan fingerprint density at radius 1 is 1.17 bits per heavy atom. The third kappa shape index (κ3) is 8.61. The van der Waals surface area contributed by atoms with E-state index < -0.39 is 23.7 Å². The van der Waals surface area contributed by atoms with Crippen molar-refractivity contribution < 1.29 is 19.4 Å². The van der Waals surface area contributed by atoms with Gasteiger partial charge < -0.3 is 15.2 Å². The van der Waals surface area contributed by atoms with E-state index in [2.05, 4.69) is 5.32 Å². The molecule has 0 radical (unpaired) electrons. The molecule has 0 aromatic rings. The molecule has 0 spiro atoms. The average molecular weight is 257 g/mol. The Morgan fingerprint density at radius 3 is 2.00 bits per heavy atom.